The topological polar surface area (TPSA) is 35.5 Å². The molecule has 2 aromatic rings. The van der Waals surface area contributed by atoms with Crippen molar-refractivity contribution in [3.63, 3.8) is 0 Å². The minimum Gasteiger partial charge on any atom is -0.493 e. The molecule has 3 nitrogen and oxygen atoms in total. The third-order valence-electron chi connectivity index (χ3n) is 2.76. The fourth-order valence-electron chi connectivity index (χ4n) is 1.71. The van der Waals surface area contributed by atoms with E-state index in [0.717, 1.165) is 11.8 Å². The van der Waals surface area contributed by atoms with Gasteiger partial charge in [0.2, 0.25) is 0 Å². The molecule has 0 N–H and O–H groups in total. The molecule has 0 saturated carbocycles. The molecule has 0 aliphatic heterocycles. The molecule has 0 amide bonds. The molecule has 0 spiro atoms. The average molecular weight is 311 g/mol. The van der Waals surface area contributed by atoms with E-state index in [1.54, 1.807) is 30.3 Å². The number of carbonyl (C=O) groups is 1. The Kier molecular flexibility index (Phi) is 4.53. The molecule has 0 aromatic heterocycles. The van der Waals surface area contributed by atoms with E-state index in [9.17, 15) is 4.79 Å². The van der Waals surface area contributed by atoms with Crippen LogP contribution in [0.3, 0.4) is 0 Å². The zero-order valence-corrected chi connectivity index (χ0v) is 12.5. The van der Waals surface area contributed by atoms with Crippen molar-refractivity contribution in [2.45, 2.75) is 6.92 Å². The average Bonchev–Trinajstić information content (AvgIpc) is 2.44. The van der Waals surface area contributed by atoms with Gasteiger partial charge in [-0.15, -0.1) is 0 Å². The van der Waals surface area contributed by atoms with E-state index in [2.05, 4.69) is 0 Å². The van der Waals surface area contributed by atoms with E-state index in [-0.39, 0.29) is 0 Å². The second kappa shape index (κ2) is 6.16. The molecule has 0 fully saturated rings. The maximum absolute atomic E-state index is 11.1. The van der Waals surface area contributed by atoms with Crippen molar-refractivity contribution in [3.8, 4) is 17.2 Å². The van der Waals surface area contributed by atoms with Crippen LogP contribution in [-0.2, 0) is 0 Å². The quantitative estimate of drug-likeness (QED) is 0.752. The van der Waals surface area contributed by atoms with E-state index in [4.69, 9.17) is 32.7 Å². The number of benzene rings is 2. The second-order valence-corrected chi connectivity index (χ2v) is 5.00. The summed E-state index contributed by atoms with van der Waals surface area (Å²) in [7, 11) is 1.52. The Balaban J connectivity index is 2.44. The first kappa shape index (κ1) is 14.7. The van der Waals surface area contributed by atoms with E-state index in [1.165, 1.54) is 7.11 Å². The van der Waals surface area contributed by atoms with Gasteiger partial charge < -0.3 is 9.47 Å². The summed E-state index contributed by atoms with van der Waals surface area (Å²) < 4.78 is 10.9. The first-order valence-electron chi connectivity index (χ1n) is 5.82. The van der Waals surface area contributed by atoms with Gasteiger partial charge in [-0.2, -0.15) is 0 Å². The Hall–Kier alpha value is -1.71. The molecule has 20 heavy (non-hydrogen) atoms. The maximum atomic E-state index is 11.1. The number of halogens is 2. The molecule has 2 aromatic carbocycles. The monoisotopic (exact) mass is 310 g/mol. The highest BCUT2D eigenvalue weighted by Gasteiger charge is 2.11. The molecule has 0 atom stereocenters. The highest BCUT2D eigenvalue weighted by Crippen LogP contribution is 2.36. The van der Waals surface area contributed by atoms with Crippen LogP contribution in [0, 0.1) is 6.92 Å². The SMILES string of the molecule is COc1cc(Cl)ccc1Oc1cc(Cl)c(C)cc1C=O. The second-order valence-electron chi connectivity index (χ2n) is 4.15. The summed E-state index contributed by atoms with van der Waals surface area (Å²) in [5.74, 6) is 1.31. The first-order chi connectivity index (χ1) is 9.55. The lowest BCUT2D eigenvalue weighted by atomic mass is 10.1. The highest BCUT2D eigenvalue weighted by atomic mass is 35.5. The molecular formula is C15H12Cl2O3. The summed E-state index contributed by atoms with van der Waals surface area (Å²) in [5.41, 5.74) is 1.23. The van der Waals surface area contributed by atoms with Gasteiger partial charge in [0.1, 0.15) is 5.75 Å². The molecule has 0 aliphatic rings. The molecule has 0 saturated heterocycles. The highest BCUT2D eigenvalue weighted by molar-refractivity contribution is 6.31. The lowest BCUT2D eigenvalue weighted by molar-refractivity contribution is 0.112. The van der Waals surface area contributed by atoms with Crippen LogP contribution in [0.5, 0.6) is 17.2 Å². The van der Waals surface area contributed by atoms with Gasteiger partial charge in [0.25, 0.3) is 0 Å². The zero-order chi connectivity index (χ0) is 14.7. The van der Waals surface area contributed by atoms with Gasteiger partial charge >= 0.3 is 0 Å². The van der Waals surface area contributed by atoms with Gasteiger partial charge in [-0.05, 0) is 30.7 Å². The van der Waals surface area contributed by atoms with Crippen LogP contribution in [0.15, 0.2) is 30.3 Å². The molecule has 2 rings (SSSR count). The summed E-state index contributed by atoms with van der Waals surface area (Å²) in [5, 5.41) is 1.06. The third kappa shape index (κ3) is 3.06. The van der Waals surface area contributed by atoms with E-state index in [1.807, 2.05) is 6.92 Å². The number of ether oxygens (including phenoxy) is 2. The normalized spacial score (nSPS) is 10.2. The molecule has 0 radical (unpaired) electrons. The van der Waals surface area contributed by atoms with Gasteiger partial charge in [-0.3, -0.25) is 4.79 Å². The summed E-state index contributed by atoms with van der Waals surface area (Å²) in [6.45, 7) is 1.82. The van der Waals surface area contributed by atoms with Crippen molar-refractivity contribution >= 4 is 29.5 Å². The van der Waals surface area contributed by atoms with Crippen molar-refractivity contribution in [3.05, 3.63) is 51.5 Å². The molecule has 0 bridgehead atoms. The number of rotatable bonds is 4. The number of carbonyl (C=O) groups excluding carboxylic acids is 1. The van der Waals surface area contributed by atoms with Crippen molar-refractivity contribution in [2.75, 3.05) is 7.11 Å². The van der Waals surface area contributed by atoms with Crippen molar-refractivity contribution < 1.29 is 14.3 Å². The standard InChI is InChI=1S/C15H12Cl2O3/c1-9-5-10(8-18)14(7-12(9)17)20-13-4-3-11(16)6-15(13)19-2/h3-8H,1-2H3. The molecule has 0 aliphatic carbocycles. The number of aldehydes is 1. The molecular weight excluding hydrogens is 299 g/mol. The summed E-state index contributed by atoms with van der Waals surface area (Å²) in [6, 6.07) is 8.26. The van der Waals surface area contributed by atoms with Crippen LogP contribution >= 0.6 is 23.2 Å². The van der Waals surface area contributed by atoms with Crippen LogP contribution in [0.1, 0.15) is 15.9 Å². The number of hydrogen-bond donors (Lipinski definition) is 0. The van der Waals surface area contributed by atoms with Crippen LogP contribution in [0.2, 0.25) is 10.0 Å². The van der Waals surface area contributed by atoms with Gasteiger partial charge in [-0.25, -0.2) is 0 Å². The Morgan fingerprint density at radius 2 is 1.80 bits per heavy atom. The third-order valence-corrected chi connectivity index (χ3v) is 3.41. The minimum atomic E-state index is 0.372. The molecule has 0 heterocycles. The van der Waals surface area contributed by atoms with Crippen molar-refractivity contribution in [1.29, 1.82) is 0 Å². The zero-order valence-electron chi connectivity index (χ0n) is 10.9. The lowest BCUT2D eigenvalue weighted by Gasteiger charge is -2.13. The van der Waals surface area contributed by atoms with Gasteiger partial charge in [0, 0.05) is 22.2 Å². The van der Waals surface area contributed by atoms with Gasteiger partial charge in [0.15, 0.2) is 17.8 Å². The summed E-state index contributed by atoms with van der Waals surface area (Å²) in [6.07, 6.45) is 0.723. The Morgan fingerprint density at radius 3 is 2.45 bits per heavy atom. The van der Waals surface area contributed by atoms with Crippen LogP contribution < -0.4 is 9.47 Å². The molecule has 104 valence electrons. The van der Waals surface area contributed by atoms with Crippen LogP contribution in [-0.4, -0.2) is 13.4 Å². The maximum Gasteiger partial charge on any atom is 0.169 e. The summed E-state index contributed by atoms with van der Waals surface area (Å²) >= 11 is 11.9. The summed E-state index contributed by atoms with van der Waals surface area (Å²) in [4.78, 5) is 11.1. The van der Waals surface area contributed by atoms with Gasteiger partial charge in [0.05, 0.1) is 12.7 Å². The molecule has 5 heteroatoms. The Morgan fingerprint density at radius 1 is 1.05 bits per heavy atom. The van der Waals surface area contributed by atoms with E-state index >= 15 is 0 Å². The smallest absolute Gasteiger partial charge is 0.169 e. The Bertz CT molecular complexity index is 654. The predicted molar refractivity (Wildman–Crippen MR) is 79.7 cm³/mol. The fourth-order valence-corrected chi connectivity index (χ4v) is 2.03. The van der Waals surface area contributed by atoms with E-state index in [0.29, 0.717) is 32.9 Å². The lowest BCUT2D eigenvalue weighted by Crippen LogP contribution is -1.94. The largest absolute Gasteiger partial charge is 0.493 e. The number of aryl methyl sites for hydroxylation is 1. The number of hydrogen-bond acceptors (Lipinski definition) is 3. The first-order valence-corrected chi connectivity index (χ1v) is 6.57. The van der Waals surface area contributed by atoms with Crippen LogP contribution in [0.4, 0.5) is 0 Å². The van der Waals surface area contributed by atoms with Crippen molar-refractivity contribution in [2.24, 2.45) is 0 Å². The minimum absolute atomic E-state index is 0.372. The number of methoxy groups -OCH3 is 1. The van der Waals surface area contributed by atoms with Gasteiger partial charge in [-0.1, -0.05) is 23.2 Å². The Labute approximate surface area is 127 Å². The van der Waals surface area contributed by atoms with E-state index < -0.39 is 0 Å². The van der Waals surface area contributed by atoms with Crippen LogP contribution in [0.25, 0.3) is 0 Å². The van der Waals surface area contributed by atoms with Crippen molar-refractivity contribution in [1.82, 2.24) is 0 Å². The fraction of sp³-hybridized carbons (Fsp3) is 0.133. The predicted octanol–water partition coefficient (Wildman–Crippen LogP) is 4.92. The molecule has 0 unspecified atom stereocenters.